The molecule has 1 saturated heterocycles. The molecule has 2 atom stereocenters. The van der Waals surface area contributed by atoms with Crippen LogP contribution in [0.4, 0.5) is 0 Å². The molecule has 0 bridgehead atoms. The Morgan fingerprint density at radius 3 is 2.96 bits per heavy atom. The summed E-state index contributed by atoms with van der Waals surface area (Å²) >= 11 is 0. The Morgan fingerprint density at radius 2 is 2.07 bits per heavy atom. The predicted octanol–water partition coefficient (Wildman–Crippen LogP) is 2.76. The summed E-state index contributed by atoms with van der Waals surface area (Å²) in [5.41, 5.74) is 2.97. The molecule has 1 aromatic carbocycles. The van der Waals surface area contributed by atoms with Gasteiger partial charge in [-0.3, -0.25) is 9.78 Å². The Morgan fingerprint density at radius 1 is 1.14 bits per heavy atom. The molecule has 3 aromatic rings. The van der Waals surface area contributed by atoms with Crippen LogP contribution in [0.1, 0.15) is 35.5 Å². The molecule has 0 aliphatic carbocycles. The zero-order chi connectivity index (χ0) is 18.9. The molecule has 2 aromatic heterocycles. The van der Waals surface area contributed by atoms with E-state index in [1.54, 1.807) is 12.4 Å². The van der Waals surface area contributed by atoms with Crippen LogP contribution in [-0.2, 0) is 16.0 Å². The molecule has 2 aliphatic heterocycles. The van der Waals surface area contributed by atoms with Gasteiger partial charge in [0.25, 0.3) is 5.91 Å². The minimum Gasteiger partial charge on any atom is -0.420 e. The van der Waals surface area contributed by atoms with Crippen LogP contribution in [-0.4, -0.2) is 45.7 Å². The maximum Gasteiger partial charge on any atom is 0.256 e. The molecule has 0 radical (unpaired) electrons. The number of likely N-dealkylation sites (tertiary alicyclic amines) is 1. The van der Waals surface area contributed by atoms with Crippen molar-refractivity contribution in [3.05, 3.63) is 65.8 Å². The molecular formula is C21H20N4O3. The van der Waals surface area contributed by atoms with Crippen molar-refractivity contribution in [1.82, 2.24) is 20.1 Å². The SMILES string of the molecule is O=C([C@@H]1OCCc2ccccc21)N1CC[C@H](c2nnc(-c3cccnc3)o2)C1. The van der Waals surface area contributed by atoms with Crippen molar-refractivity contribution in [3.63, 3.8) is 0 Å². The van der Waals surface area contributed by atoms with Gasteiger partial charge in [-0.1, -0.05) is 24.3 Å². The predicted molar refractivity (Wildman–Crippen MR) is 100 cm³/mol. The van der Waals surface area contributed by atoms with Crippen LogP contribution < -0.4 is 0 Å². The summed E-state index contributed by atoms with van der Waals surface area (Å²) in [6.45, 7) is 1.80. The van der Waals surface area contributed by atoms with Gasteiger partial charge in [0, 0.05) is 25.5 Å². The second-order valence-corrected chi connectivity index (χ2v) is 7.16. The van der Waals surface area contributed by atoms with Crippen molar-refractivity contribution in [2.45, 2.75) is 24.9 Å². The van der Waals surface area contributed by atoms with Gasteiger partial charge in [0.2, 0.25) is 11.8 Å². The van der Waals surface area contributed by atoms with E-state index in [1.807, 2.05) is 35.2 Å². The van der Waals surface area contributed by atoms with Gasteiger partial charge in [0.1, 0.15) is 0 Å². The molecule has 0 spiro atoms. The fraction of sp³-hybridized carbons (Fsp3) is 0.333. The summed E-state index contributed by atoms with van der Waals surface area (Å²) in [7, 11) is 0. The largest absolute Gasteiger partial charge is 0.420 e. The fourth-order valence-corrected chi connectivity index (χ4v) is 3.93. The second kappa shape index (κ2) is 7.16. The maximum absolute atomic E-state index is 13.1. The number of carbonyl (C=O) groups is 1. The summed E-state index contributed by atoms with van der Waals surface area (Å²) in [4.78, 5) is 19.0. The topological polar surface area (TPSA) is 81.4 Å². The van der Waals surface area contributed by atoms with Crippen molar-refractivity contribution >= 4 is 5.91 Å². The highest BCUT2D eigenvalue weighted by Gasteiger charge is 2.36. The van der Waals surface area contributed by atoms with E-state index in [9.17, 15) is 4.79 Å². The molecule has 0 unspecified atom stereocenters. The quantitative estimate of drug-likeness (QED) is 0.699. The average molecular weight is 376 g/mol. The molecule has 0 saturated carbocycles. The van der Waals surface area contributed by atoms with Crippen molar-refractivity contribution < 1.29 is 13.9 Å². The zero-order valence-electron chi connectivity index (χ0n) is 15.3. The number of benzene rings is 1. The Bertz CT molecular complexity index is 988. The van der Waals surface area contributed by atoms with Crippen molar-refractivity contribution in [2.75, 3.05) is 19.7 Å². The first-order chi connectivity index (χ1) is 13.8. The maximum atomic E-state index is 13.1. The van der Waals surface area contributed by atoms with E-state index in [0.717, 1.165) is 24.0 Å². The Labute approximate surface area is 162 Å². The lowest BCUT2D eigenvalue weighted by atomic mass is 9.97. The number of nitrogens with zero attached hydrogens (tertiary/aromatic N) is 4. The summed E-state index contributed by atoms with van der Waals surface area (Å²) in [5, 5.41) is 8.34. The molecule has 7 heteroatoms. The van der Waals surface area contributed by atoms with E-state index in [2.05, 4.69) is 21.2 Å². The molecule has 1 fully saturated rings. The number of aromatic nitrogens is 3. The van der Waals surface area contributed by atoms with Gasteiger partial charge in [-0.15, -0.1) is 10.2 Å². The highest BCUT2D eigenvalue weighted by atomic mass is 16.5. The Hall–Kier alpha value is -3.06. The average Bonchev–Trinajstić information content (AvgIpc) is 3.43. The van der Waals surface area contributed by atoms with Crippen LogP contribution in [0.3, 0.4) is 0 Å². The normalized spacial score (nSPS) is 21.5. The number of amides is 1. The van der Waals surface area contributed by atoms with E-state index < -0.39 is 6.10 Å². The molecule has 7 nitrogen and oxygen atoms in total. The van der Waals surface area contributed by atoms with E-state index in [0.29, 0.717) is 31.5 Å². The minimum absolute atomic E-state index is 0.0154. The van der Waals surface area contributed by atoms with Gasteiger partial charge in [0.15, 0.2) is 6.10 Å². The lowest BCUT2D eigenvalue weighted by Gasteiger charge is -2.28. The third kappa shape index (κ3) is 3.07. The molecule has 0 N–H and O–H groups in total. The van der Waals surface area contributed by atoms with Gasteiger partial charge < -0.3 is 14.1 Å². The van der Waals surface area contributed by atoms with Crippen LogP contribution in [0.15, 0.2) is 53.2 Å². The lowest BCUT2D eigenvalue weighted by molar-refractivity contribution is -0.144. The number of fused-ring (bicyclic) bond motifs is 1. The summed E-state index contributed by atoms with van der Waals surface area (Å²) in [6.07, 6.45) is 4.53. The van der Waals surface area contributed by atoms with Gasteiger partial charge in [-0.05, 0) is 36.1 Å². The van der Waals surface area contributed by atoms with Gasteiger partial charge >= 0.3 is 0 Å². The molecule has 5 rings (SSSR count). The third-order valence-corrected chi connectivity index (χ3v) is 5.42. The van der Waals surface area contributed by atoms with Crippen LogP contribution in [0.25, 0.3) is 11.5 Å². The number of hydrogen-bond donors (Lipinski definition) is 0. The third-order valence-electron chi connectivity index (χ3n) is 5.42. The fourth-order valence-electron chi connectivity index (χ4n) is 3.93. The number of carbonyl (C=O) groups excluding carboxylic acids is 1. The summed E-state index contributed by atoms with van der Waals surface area (Å²) < 4.78 is 11.7. The lowest BCUT2D eigenvalue weighted by Crippen LogP contribution is -2.36. The minimum atomic E-state index is -0.516. The molecule has 2 aliphatic rings. The van der Waals surface area contributed by atoms with Crippen molar-refractivity contribution in [3.8, 4) is 11.5 Å². The summed E-state index contributed by atoms with van der Waals surface area (Å²) in [5.74, 6) is 1.08. The highest BCUT2D eigenvalue weighted by Crippen LogP contribution is 2.33. The smallest absolute Gasteiger partial charge is 0.256 e. The monoisotopic (exact) mass is 376 g/mol. The molecule has 142 valence electrons. The van der Waals surface area contributed by atoms with E-state index in [4.69, 9.17) is 9.15 Å². The summed E-state index contributed by atoms with van der Waals surface area (Å²) in [6, 6.07) is 11.7. The number of ether oxygens (including phenoxy) is 1. The standard InChI is InChI=1S/C21H20N4O3/c26-21(18-17-6-2-1-4-14(17)8-11-27-18)25-10-7-16(13-25)20-24-23-19(28-20)15-5-3-9-22-12-15/h1-6,9,12,16,18H,7-8,10-11,13H2/t16-,18+/m0/s1. The zero-order valence-corrected chi connectivity index (χ0v) is 15.3. The van der Waals surface area contributed by atoms with Gasteiger partial charge in [-0.25, -0.2) is 0 Å². The first kappa shape index (κ1) is 17.1. The van der Waals surface area contributed by atoms with Crippen LogP contribution in [0.2, 0.25) is 0 Å². The van der Waals surface area contributed by atoms with Gasteiger partial charge in [0.05, 0.1) is 18.1 Å². The molecule has 4 heterocycles. The Kier molecular flexibility index (Phi) is 4.37. The van der Waals surface area contributed by atoms with Crippen molar-refractivity contribution in [2.24, 2.45) is 0 Å². The molecule has 1 amide bonds. The van der Waals surface area contributed by atoms with E-state index >= 15 is 0 Å². The molecular weight excluding hydrogens is 356 g/mol. The van der Waals surface area contributed by atoms with Gasteiger partial charge in [-0.2, -0.15) is 0 Å². The first-order valence-corrected chi connectivity index (χ1v) is 9.51. The van der Waals surface area contributed by atoms with Crippen LogP contribution in [0.5, 0.6) is 0 Å². The van der Waals surface area contributed by atoms with Crippen LogP contribution in [0, 0.1) is 0 Å². The Balaban J connectivity index is 1.30. The number of rotatable bonds is 3. The second-order valence-electron chi connectivity index (χ2n) is 7.16. The molecule has 28 heavy (non-hydrogen) atoms. The number of pyridine rings is 1. The van der Waals surface area contributed by atoms with E-state index in [-0.39, 0.29) is 11.8 Å². The highest BCUT2D eigenvalue weighted by molar-refractivity contribution is 5.83. The van der Waals surface area contributed by atoms with E-state index in [1.165, 1.54) is 5.56 Å². The first-order valence-electron chi connectivity index (χ1n) is 9.51. The van der Waals surface area contributed by atoms with Crippen LogP contribution >= 0.6 is 0 Å². The van der Waals surface area contributed by atoms with Crippen molar-refractivity contribution in [1.29, 1.82) is 0 Å². The number of hydrogen-bond acceptors (Lipinski definition) is 6.